The molecular weight excluding hydrogens is 215 g/mol. The highest BCUT2D eigenvalue weighted by atomic mass is 28.4. The summed E-state index contributed by atoms with van der Waals surface area (Å²) in [6.07, 6.45) is 0. The van der Waals surface area contributed by atoms with E-state index in [4.69, 9.17) is 0 Å². The third kappa shape index (κ3) is 2.73. The van der Waals surface area contributed by atoms with Gasteiger partial charge in [0, 0.05) is 0 Å². The molecule has 0 nitrogen and oxygen atoms in total. The van der Waals surface area contributed by atoms with Crippen molar-refractivity contribution in [1.82, 2.24) is 0 Å². The van der Waals surface area contributed by atoms with Gasteiger partial charge in [0.25, 0.3) is 8.41 Å². The second-order valence-corrected chi connectivity index (χ2v) is 9.04. The first-order valence-electron chi connectivity index (χ1n) is 6.07. The van der Waals surface area contributed by atoms with Gasteiger partial charge in [-0.05, 0) is 41.2 Å². The van der Waals surface area contributed by atoms with Gasteiger partial charge >= 0.3 is 0 Å². The molecule has 0 aliphatic rings. The molecule has 0 aliphatic carbocycles. The summed E-state index contributed by atoms with van der Waals surface area (Å²) in [5.41, 5.74) is 2.40. The number of benzene rings is 1. The monoisotopic (exact) mass is 238 g/mol. The van der Waals surface area contributed by atoms with E-state index in [1.54, 1.807) is 13.1 Å². The van der Waals surface area contributed by atoms with Crippen molar-refractivity contribution in [2.24, 2.45) is 0 Å². The molecule has 16 heavy (non-hydrogen) atoms. The van der Waals surface area contributed by atoms with Crippen molar-refractivity contribution < 1.29 is 4.11 Å². The predicted octanol–water partition coefficient (Wildman–Crippen LogP) is 4.32. The SMILES string of the molecule is CC(C)c1cccc(C(C)C)c1[Si](C)(C)F. The lowest BCUT2D eigenvalue weighted by molar-refractivity contribution is 0.798. The molecule has 1 aromatic carbocycles. The van der Waals surface area contributed by atoms with Gasteiger partial charge in [0.1, 0.15) is 0 Å². The van der Waals surface area contributed by atoms with Gasteiger partial charge in [-0.1, -0.05) is 45.9 Å². The second kappa shape index (κ2) is 4.70. The van der Waals surface area contributed by atoms with Crippen LogP contribution in [0.2, 0.25) is 13.1 Å². The Morgan fingerprint density at radius 2 is 1.31 bits per heavy atom. The zero-order valence-electron chi connectivity index (χ0n) is 11.3. The summed E-state index contributed by atoms with van der Waals surface area (Å²) in [6.45, 7) is 12.2. The van der Waals surface area contributed by atoms with Crippen LogP contribution in [0.25, 0.3) is 0 Å². The molecule has 0 saturated carbocycles. The summed E-state index contributed by atoms with van der Waals surface area (Å²) in [7, 11) is -2.75. The first-order valence-corrected chi connectivity index (χ1v) is 8.95. The van der Waals surface area contributed by atoms with Crippen LogP contribution in [0.1, 0.15) is 50.7 Å². The van der Waals surface area contributed by atoms with Crippen molar-refractivity contribution in [3.8, 4) is 0 Å². The van der Waals surface area contributed by atoms with E-state index in [-0.39, 0.29) is 0 Å². The molecule has 0 radical (unpaired) electrons. The van der Waals surface area contributed by atoms with Crippen molar-refractivity contribution in [3.05, 3.63) is 29.3 Å². The topological polar surface area (TPSA) is 0 Å². The molecule has 1 rings (SSSR count). The lowest BCUT2D eigenvalue weighted by atomic mass is 9.95. The molecule has 90 valence electrons. The van der Waals surface area contributed by atoms with Gasteiger partial charge < -0.3 is 4.11 Å². The maximum Gasteiger partial charge on any atom is 0.272 e. The molecule has 0 amide bonds. The van der Waals surface area contributed by atoms with Gasteiger partial charge in [0.05, 0.1) is 0 Å². The Bertz CT molecular complexity index is 335. The number of halogens is 1. The van der Waals surface area contributed by atoms with E-state index in [0.29, 0.717) is 11.8 Å². The maximum absolute atomic E-state index is 14.5. The highest BCUT2D eigenvalue weighted by Gasteiger charge is 2.30. The first kappa shape index (κ1) is 13.4. The van der Waals surface area contributed by atoms with Crippen LogP contribution in [0.3, 0.4) is 0 Å². The molecule has 0 aliphatic heterocycles. The van der Waals surface area contributed by atoms with E-state index in [1.165, 1.54) is 11.1 Å². The van der Waals surface area contributed by atoms with Crippen molar-refractivity contribution in [1.29, 1.82) is 0 Å². The number of hydrogen-bond acceptors (Lipinski definition) is 0. The van der Waals surface area contributed by atoms with Crippen LogP contribution in [0.15, 0.2) is 18.2 Å². The van der Waals surface area contributed by atoms with Crippen LogP contribution in [0, 0.1) is 0 Å². The van der Waals surface area contributed by atoms with Gasteiger partial charge in [-0.3, -0.25) is 0 Å². The third-order valence-corrected chi connectivity index (χ3v) is 4.73. The normalized spacial score (nSPS) is 12.6. The van der Waals surface area contributed by atoms with Gasteiger partial charge in [0.2, 0.25) is 0 Å². The quantitative estimate of drug-likeness (QED) is 0.543. The molecule has 0 aromatic heterocycles. The fourth-order valence-corrected chi connectivity index (χ4v) is 4.35. The van der Waals surface area contributed by atoms with Crippen LogP contribution >= 0.6 is 0 Å². The van der Waals surface area contributed by atoms with E-state index in [0.717, 1.165) is 5.19 Å². The van der Waals surface area contributed by atoms with Crippen molar-refractivity contribution in [3.63, 3.8) is 0 Å². The largest absolute Gasteiger partial charge is 0.308 e. The standard InChI is InChI=1S/C14H23FSi/c1-10(2)12-8-7-9-13(11(3)4)14(12)16(5,6)15/h7-11H,1-6H3. The van der Waals surface area contributed by atoms with Crippen LogP contribution in [-0.2, 0) is 0 Å². The average Bonchev–Trinajstić information content (AvgIpc) is 2.15. The molecule has 0 fully saturated rings. The van der Waals surface area contributed by atoms with Crippen LogP contribution in [-0.4, -0.2) is 8.41 Å². The molecule has 0 unspecified atom stereocenters. The highest BCUT2D eigenvalue weighted by molar-refractivity contribution is 6.84. The minimum atomic E-state index is -2.75. The van der Waals surface area contributed by atoms with E-state index in [2.05, 4.69) is 45.9 Å². The van der Waals surface area contributed by atoms with Gasteiger partial charge in [-0.25, -0.2) is 0 Å². The van der Waals surface area contributed by atoms with Gasteiger partial charge in [-0.15, -0.1) is 0 Å². The first-order chi connectivity index (χ1) is 7.25. The Morgan fingerprint density at radius 3 is 1.56 bits per heavy atom. The maximum atomic E-state index is 14.5. The average molecular weight is 238 g/mol. The molecular formula is C14H23FSi. The second-order valence-electron chi connectivity index (χ2n) is 5.59. The van der Waals surface area contributed by atoms with Crippen LogP contribution in [0.5, 0.6) is 0 Å². The summed E-state index contributed by atoms with van der Waals surface area (Å²) in [4.78, 5) is 0. The summed E-state index contributed by atoms with van der Waals surface area (Å²) in [5, 5.41) is 1.03. The van der Waals surface area contributed by atoms with E-state index in [1.807, 2.05) is 0 Å². The van der Waals surface area contributed by atoms with Crippen molar-refractivity contribution >= 4 is 13.6 Å². The van der Waals surface area contributed by atoms with Gasteiger partial charge in [0.15, 0.2) is 0 Å². The van der Waals surface area contributed by atoms with Crippen LogP contribution in [0.4, 0.5) is 4.11 Å². The number of rotatable bonds is 3. The van der Waals surface area contributed by atoms with Crippen LogP contribution < -0.4 is 5.19 Å². The van der Waals surface area contributed by atoms with E-state index >= 15 is 0 Å². The Labute approximate surface area is 100 Å². The van der Waals surface area contributed by atoms with Crippen molar-refractivity contribution in [2.75, 3.05) is 0 Å². The minimum Gasteiger partial charge on any atom is -0.308 e. The predicted molar refractivity (Wildman–Crippen MR) is 72.8 cm³/mol. The van der Waals surface area contributed by atoms with E-state index in [9.17, 15) is 4.11 Å². The zero-order valence-corrected chi connectivity index (χ0v) is 12.3. The summed E-state index contributed by atoms with van der Waals surface area (Å²) in [6, 6.07) is 6.23. The lowest BCUT2D eigenvalue weighted by Crippen LogP contribution is -2.42. The Hall–Kier alpha value is -0.633. The van der Waals surface area contributed by atoms with E-state index < -0.39 is 8.41 Å². The molecule has 2 heteroatoms. The lowest BCUT2D eigenvalue weighted by Gasteiger charge is -2.24. The summed E-state index contributed by atoms with van der Waals surface area (Å²) < 4.78 is 14.5. The Kier molecular flexibility index (Phi) is 3.95. The summed E-state index contributed by atoms with van der Waals surface area (Å²) >= 11 is 0. The highest BCUT2D eigenvalue weighted by Crippen LogP contribution is 2.23. The molecule has 0 saturated heterocycles. The third-order valence-electron chi connectivity index (χ3n) is 2.97. The zero-order chi connectivity index (χ0) is 12.5. The molecule has 0 heterocycles. The Balaban J connectivity index is 3.48. The fourth-order valence-electron chi connectivity index (χ4n) is 2.24. The van der Waals surface area contributed by atoms with Gasteiger partial charge in [-0.2, -0.15) is 0 Å². The fraction of sp³-hybridized carbons (Fsp3) is 0.571. The summed E-state index contributed by atoms with van der Waals surface area (Å²) in [5.74, 6) is 0.799. The molecule has 1 aromatic rings. The number of hydrogen-bond donors (Lipinski definition) is 0. The Morgan fingerprint density at radius 1 is 0.938 bits per heavy atom. The smallest absolute Gasteiger partial charge is 0.272 e. The minimum absolute atomic E-state index is 0.399. The molecule has 0 bridgehead atoms. The molecule has 0 N–H and O–H groups in total. The molecule has 0 atom stereocenters. The molecule has 0 spiro atoms. The van der Waals surface area contributed by atoms with Crippen molar-refractivity contribution in [2.45, 2.75) is 52.6 Å².